The van der Waals surface area contributed by atoms with Gasteiger partial charge >= 0.3 is 0 Å². The van der Waals surface area contributed by atoms with Crippen molar-refractivity contribution in [2.75, 3.05) is 0 Å². The molecule has 0 spiro atoms. The third kappa shape index (κ3) is 2.10. The van der Waals surface area contributed by atoms with Crippen LogP contribution in [-0.4, -0.2) is 10.2 Å². The van der Waals surface area contributed by atoms with Crippen molar-refractivity contribution in [1.29, 1.82) is 0 Å². The van der Waals surface area contributed by atoms with E-state index in [4.69, 9.17) is 0 Å². The molecule has 2 heteroatoms. The summed E-state index contributed by atoms with van der Waals surface area (Å²) < 4.78 is 1.09. The molecule has 0 fully saturated rings. The number of rotatable bonds is 1. The maximum absolute atomic E-state index is 3.42. The lowest BCUT2D eigenvalue weighted by Gasteiger charge is -1.93. The topological polar surface area (TPSA) is 0 Å². The minimum absolute atomic E-state index is 1.09. The number of alkyl halides is 1. The molecule has 0 aliphatic rings. The van der Waals surface area contributed by atoms with Gasteiger partial charge in [0.25, 0.3) is 0 Å². The lowest BCUT2D eigenvalue weighted by molar-refractivity contribution is 1.47. The summed E-state index contributed by atoms with van der Waals surface area (Å²) in [5.74, 6) is 0. The normalized spacial score (nSPS) is 9.56. The highest BCUT2D eigenvalue weighted by molar-refractivity contribution is 14.1. The highest BCUT2D eigenvalue weighted by Gasteiger charge is 1.85. The van der Waals surface area contributed by atoms with Crippen LogP contribution in [0.4, 0.5) is 0 Å². The third-order valence-electron chi connectivity index (χ3n) is 1.11. The van der Waals surface area contributed by atoms with Crippen molar-refractivity contribution in [1.82, 2.24) is 0 Å². The Bertz CT molecular complexity index is 181. The predicted octanol–water partition coefficient (Wildman–Crippen LogP) is 1.42. The molecule has 1 rings (SSSR count). The molecule has 0 saturated carbocycles. The number of benzene rings is 1. The summed E-state index contributed by atoms with van der Waals surface area (Å²) in [5.41, 5.74) is 1.37. The monoisotopic (exact) mass is 245 g/mol. The molecule has 0 heterocycles. The zero-order chi connectivity index (χ0) is 6.69. The SMILES string of the molecule is [Si]c1ccc(CI)cc1. The van der Waals surface area contributed by atoms with Crippen LogP contribution in [0.2, 0.25) is 0 Å². The first-order chi connectivity index (χ1) is 4.33. The molecule has 0 aliphatic carbocycles. The van der Waals surface area contributed by atoms with Gasteiger partial charge < -0.3 is 0 Å². The summed E-state index contributed by atoms with van der Waals surface area (Å²) in [6.45, 7) is 0. The van der Waals surface area contributed by atoms with Crippen molar-refractivity contribution in [2.45, 2.75) is 4.43 Å². The third-order valence-corrected chi connectivity index (χ3v) is 2.32. The van der Waals surface area contributed by atoms with Crippen LogP contribution in [0.1, 0.15) is 5.56 Å². The molecular weight excluding hydrogens is 239 g/mol. The van der Waals surface area contributed by atoms with Crippen molar-refractivity contribution in [3.05, 3.63) is 29.8 Å². The van der Waals surface area contributed by atoms with E-state index >= 15 is 0 Å². The van der Waals surface area contributed by atoms with Gasteiger partial charge in [-0.05, 0) is 5.56 Å². The Labute approximate surface area is 72.2 Å². The van der Waals surface area contributed by atoms with Gasteiger partial charge in [-0.3, -0.25) is 0 Å². The summed E-state index contributed by atoms with van der Waals surface area (Å²) in [6.07, 6.45) is 0. The van der Waals surface area contributed by atoms with Gasteiger partial charge in [-0.25, -0.2) is 0 Å². The summed E-state index contributed by atoms with van der Waals surface area (Å²) in [5, 5.41) is 1.14. The van der Waals surface area contributed by atoms with Crippen LogP contribution >= 0.6 is 22.6 Å². The molecule has 1 aromatic carbocycles. The van der Waals surface area contributed by atoms with Crippen molar-refractivity contribution >= 4 is 38.0 Å². The molecule has 0 nitrogen and oxygen atoms in total. The number of hydrogen-bond acceptors (Lipinski definition) is 0. The Balaban J connectivity index is 2.88. The smallest absolute Gasteiger partial charge is 0.0711 e. The Morgan fingerprint density at radius 3 is 2.22 bits per heavy atom. The Kier molecular flexibility index (Phi) is 2.72. The first kappa shape index (κ1) is 7.28. The van der Waals surface area contributed by atoms with Crippen LogP contribution in [0.5, 0.6) is 0 Å². The van der Waals surface area contributed by atoms with E-state index in [1.165, 1.54) is 5.56 Å². The lowest BCUT2D eigenvalue weighted by Crippen LogP contribution is -1.99. The molecule has 1 aromatic rings. The Morgan fingerprint density at radius 1 is 1.22 bits per heavy atom. The minimum Gasteiger partial charge on any atom is -0.0812 e. The molecule has 0 amide bonds. The maximum Gasteiger partial charge on any atom is 0.0711 e. The standard InChI is InChI=1S/C7H6ISi/c8-5-6-1-3-7(9)4-2-6/h1-4H,5H2. The molecule has 0 N–H and O–H groups in total. The Morgan fingerprint density at radius 2 is 1.78 bits per heavy atom. The highest BCUT2D eigenvalue weighted by Crippen LogP contribution is 2.01. The minimum atomic E-state index is 1.09. The molecule has 0 aromatic heterocycles. The molecule has 3 radical (unpaired) electrons. The van der Waals surface area contributed by atoms with Crippen LogP contribution in [0.25, 0.3) is 0 Å². The highest BCUT2D eigenvalue weighted by atomic mass is 127. The molecule has 0 saturated heterocycles. The second-order valence-electron chi connectivity index (χ2n) is 1.83. The van der Waals surface area contributed by atoms with Crippen LogP contribution < -0.4 is 5.19 Å². The first-order valence-electron chi connectivity index (χ1n) is 2.69. The van der Waals surface area contributed by atoms with E-state index in [1.54, 1.807) is 0 Å². The van der Waals surface area contributed by atoms with Crippen LogP contribution in [0.3, 0.4) is 0 Å². The van der Waals surface area contributed by atoms with Gasteiger partial charge in [0, 0.05) is 4.43 Å². The van der Waals surface area contributed by atoms with E-state index in [0.29, 0.717) is 0 Å². The molecule has 0 unspecified atom stereocenters. The number of hydrogen-bond donors (Lipinski definition) is 0. The zero-order valence-electron chi connectivity index (χ0n) is 4.89. The fraction of sp³-hybridized carbons (Fsp3) is 0.143. The van der Waals surface area contributed by atoms with Gasteiger partial charge in [-0.15, -0.1) is 0 Å². The largest absolute Gasteiger partial charge is 0.0812 e. The maximum atomic E-state index is 3.42. The van der Waals surface area contributed by atoms with Gasteiger partial charge in [-0.1, -0.05) is 52.0 Å². The van der Waals surface area contributed by atoms with Gasteiger partial charge in [0.15, 0.2) is 0 Å². The van der Waals surface area contributed by atoms with E-state index in [1.807, 2.05) is 0 Å². The van der Waals surface area contributed by atoms with Crippen molar-refractivity contribution in [2.24, 2.45) is 0 Å². The van der Waals surface area contributed by atoms with E-state index in [-0.39, 0.29) is 0 Å². The van der Waals surface area contributed by atoms with Crippen molar-refractivity contribution < 1.29 is 0 Å². The predicted molar refractivity (Wildman–Crippen MR) is 49.6 cm³/mol. The average Bonchev–Trinajstić information content (AvgIpc) is 1.90. The van der Waals surface area contributed by atoms with E-state index in [2.05, 4.69) is 57.1 Å². The molecule has 0 atom stereocenters. The summed E-state index contributed by atoms with van der Waals surface area (Å²) in [4.78, 5) is 0. The van der Waals surface area contributed by atoms with Crippen molar-refractivity contribution in [3.63, 3.8) is 0 Å². The molecule has 45 valence electrons. The van der Waals surface area contributed by atoms with Gasteiger partial charge in [0.1, 0.15) is 0 Å². The summed E-state index contributed by atoms with van der Waals surface area (Å²) in [6, 6.07) is 8.36. The molecular formula is C7H6ISi. The van der Waals surface area contributed by atoms with Crippen LogP contribution in [0.15, 0.2) is 24.3 Å². The van der Waals surface area contributed by atoms with Gasteiger partial charge in [-0.2, -0.15) is 0 Å². The Hall–Kier alpha value is 0.167. The molecule has 0 bridgehead atoms. The molecule has 0 aliphatic heterocycles. The van der Waals surface area contributed by atoms with E-state index in [9.17, 15) is 0 Å². The molecule has 9 heavy (non-hydrogen) atoms. The zero-order valence-corrected chi connectivity index (χ0v) is 8.05. The van der Waals surface area contributed by atoms with E-state index in [0.717, 1.165) is 9.61 Å². The summed E-state index contributed by atoms with van der Waals surface area (Å²) >= 11 is 2.35. The summed E-state index contributed by atoms with van der Waals surface area (Å²) in [7, 11) is 3.42. The van der Waals surface area contributed by atoms with Gasteiger partial charge in [0.05, 0.1) is 10.2 Å². The second-order valence-corrected chi connectivity index (χ2v) is 3.17. The first-order valence-corrected chi connectivity index (χ1v) is 4.72. The number of halogens is 1. The van der Waals surface area contributed by atoms with E-state index < -0.39 is 0 Å². The van der Waals surface area contributed by atoms with Crippen LogP contribution in [0, 0.1) is 0 Å². The second kappa shape index (κ2) is 3.36. The van der Waals surface area contributed by atoms with Crippen LogP contribution in [-0.2, 0) is 4.43 Å². The van der Waals surface area contributed by atoms with Gasteiger partial charge in [0.2, 0.25) is 0 Å². The lowest BCUT2D eigenvalue weighted by atomic mass is 10.2. The quantitative estimate of drug-likeness (QED) is 0.399. The van der Waals surface area contributed by atoms with Crippen molar-refractivity contribution in [3.8, 4) is 0 Å². The fourth-order valence-electron chi connectivity index (χ4n) is 0.594. The average molecular weight is 245 g/mol. The fourth-order valence-corrected chi connectivity index (χ4v) is 1.27.